The first-order valence-electron chi connectivity index (χ1n) is 5.06. The third kappa shape index (κ3) is 4.16. The van der Waals surface area contributed by atoms with Gasteiger partial charge in [0.1, 0.15) is 0 Å². The first-order chi connectivity index (χ1) is 8.17. The summed E-state index contributed by atoms with van der Waals surface area (Å²) in [5.74, 6) is 0. The van der Waals surface area contributed by atoms with Crippen molar-refractivity contribution in [1.29, 1.82) is 0 Å². The molecule has 0 spiro atoms. The van der Waals surface area contributed by atoms with Gasteiger partial charge in [0.25, 0.3) is 0 Å². The zero-order valence-electron chi connectivity index (χ0n) is 9.95. The Morgan fingerprint density at radius 2 is 2.18 bits per heavy atom. The van der Waals surface area contributed by atoms with E-state index in [4.69, 9.17) is 4.84 Å². The van der Waals surface area contributed by atoms with E-state index >= 15 is 0 Å². The Bertz CT molecular complexity index is 404. The van der Waals surface area contributed by atoms with Crippen molar-refractivity contribution < 1.29 is 14.4 Å². The lowest BCUT2D eigenvalue weighted by Crippen LogP contribution is -2.22. The molecule has 5 nitrogen and oxygen atoms in total. The lowest BCUT2D eigenvalue weighted by Gasteiger charge is -2.09. The molecule has 2 N–H and O–H groups in total. The van der Waals surface area contributed by atoms with Crippen molar-refractivity contribution in [3.05, 3.63) is 42.0 Å². The molecule has 0 radical (unpaired) electrons. The van der Waals surface area contributed by atoms with Crippen molar-refractivity contribution in [3.63, 3.8) is 0 Å². The number of ether oxygens (including phenoxy) is 1. The number of hydrogen-bond acceptors (Lipinski definition) is 4. The molecule has 1 rings (SSSR count). The average molecular weight is 236 g/mol. The Hall–Kier alpha value is -2.01. The molecule has 0 fully saturated rings. The second-order valence-corrected chi connectivity index (χ2v) is 3.33. The molecule has 0 aliphatic carbocycles. The number of carbonyl (C=O) groups is 1. The van der Waals surface area contributed by atoms with Gasteiger partial charge in [-0.3, -0.25) is 10.3 Å². The standard InChI is InChI=1S/C12H16N2O3/c1-9(14-17-3)11-6-4-5-10(7-11)8-13-12(15)16-2/h4-7,14H,1,8H2,2-3H3,(H,13,15). The van der Waals surface area contributed by atoms with Crippen molar-refractivity contribution in [2.24, 2.45) is 0 Å². The van der Waals surface area contributed by atoms with Crippen LogP contribution in [0.15, 0.2) is 30.8 Å². The summed E-state index contributed by atoms with van der Waals surface area (Å²) in [4.78, 5) is 15.7. The minimum atomic E-state index is -0.454. The van der Waals surface area contributed by atoms with E-state index in [1.165, 1.54) is 14.2 Å². The topological polar surface area (TPSA) is 59.6 Å². The summed E-state index contributed by atoms with van der Waals surface area (Å²) in [6, 6.07) is 7.59. The first-order valence-corrected chi connectivity index (χ1v) is 5.06. The van der Waals surface area contributed by atoms with Gasteiger partial charge in [0.05, 0.1) is 19.9 Å². The van der Waals surface area contributed by atoms with E-state index in [1.54, 1.807) is 0 Å². The number of rotatable bonds is 5. The zero-order chi connectivity index (χ0) is 12.7. The van der Waals surface area contributed by atoms with Crippen LogP contribution in [0.25, 0.3) is 5.70 Å². The largest absolute Gasteiger partial charge is 0.453 e. The van der Waals surface area contributed by atoms with Crippen LogP contribution in [0, 0.1) is 0 Å². The van der Waals surface area contributed by atoms with Gasteiger partial charge in [0.2, 0.25) is 0 Å². The van der Waals surface area contributed by atoms with Crippen molar-refractivity contribution in [1.82, 2.24) is 10.8 Å². The molecule has 0 saturated heterocycles. The maximum absolute atomic E-state index is 10.9. The Kier molecular flexibility index (Phi) is 5.03. The highest BCUT2D eigenvalue weighted by molar-refractivity contribution is 5.67. The van der Waals surface area contributed by atoms with E-state index in [0.717, 1.165) is 11.1 Å². The smallest absolute Gasteiger partial charge is 0.407 e. The third-order valence-corrected chi connectivity index (χ3v) is 2.12. The number of alkyl carbamates (subject to hydrolysis) is 1. The van der Waals surface area contributed by atoms with Crippen molar-refractivity contribution in [3.8, 4) is 0 Å². The number of benzene rings is 1. The molecule has 92 valence electrons. The summed E-state index contributed by atoms with van der Waals surface area (Å²) in [5.41, 5.74) is 5.17. The molecule has 0 aliphatic rings. The maximum Gasteiger partial charge on any atom is 0.407 e. The summed E-state index contributed by atoms with van der Waals surface area (Å²) in [5, 5.41) is 2.60. The molecule has 0 heterocycles. The van der Waals surface area contributed by atoms with Crippen molar-refractivity contribution in [2.45, 2.75) is 6.54 Å². The van der Waals surface area contributed by atoms with E-state index in [-0.39, 0.29) is 0 Å². The first kappa shape index (κ1) is 13.1. The second kappa shape index (κ2) is 6.55. The number of hydroxylamine groups is 1. The van der Waals surface area contributed by atoms with Gasteiger partial charge in [-0.2, -0.15) is 0 Å². The highest BCUT2D eigenvalue weighted by Crippen LogP contribution is 2.11. The quantitative estimate of drug-likeness (QED) is 0.763. The van der Waals surface area contributed by atoms with Crippen LogP contribution in [0.5, 0.6) is 0 Å². The molecule has 0 atom stereocenters. The van der Waals surface area contributed by atoms with Crippen LogP contribution >= 0.6 is 0 Å². The summed E-state index contributed by atoms with van der Waals surface area (Å²) < 4.78 is 4.49. The SMILES string of the molecule is C=C(NOC)c1cccc(CNC(=O)OC)c1. The highest BCUT2D eigenvalue weighted by atomic mass is 16.6. The summed E-state index contributed by atoms with van der Waals surface area (Å²) in [7, 11) is 2.85. The van der Waals surface area contributed by atoms with Crippen molar-refractivity contribution in [2.75, 3.05) is 14.2 Å². The Morgan fingerprint density at radius 1 is 1.41 bits per heavy atom. The predicted octanol–water partition coefficient (Wildman–Crippen LogP) is 1.66. The molecule has 0 saturated carbocycles. The second-order valence-electron chi connectivity index (χ2n) is 3.33. The lowest BCUT2D eigenvalue weighted by atomic mass is 10.1. The molecule has 1 aromatic carbocycles. The van der Waals surface area contributed by atoms with Crippen molar-refractivity contribution >= 4 is 11.8 Å². The van der Waals surface area contributed by atoms with Crippen LogP contribution in [0.3, 0.4) is 0 Å². The number of amides is 1. The fourth-order valence-electron chi connectivity index (χ4n) is 1.30. The third-order valence-electron chi connectivity index (χ3n) is 2.12. The minimum Gasteiger partial charge on any atom is -0.453 e. The van der Waals surface area contributed by atoms with Crippen LogP contribution in [0.2, 0.25) is 0 Å². The Morgan fingerprint density at radius 3 is 2.82 bits per heavy atom. The van der Waals surface area contributed by atoms with Gasteiger partial charge in [0, 0.05) is 6.54 Å². The van der Waals surface area contributed by atoms with Gasteiger partial charge in [-0.05, 0) is 17.2 Å². The van der Waals surface area contributed by atoms with Crippen LogP contribution in [-0.4, -0.2) is 20.3 Å². The number of nitrogens with one attached hydrogen (secondary N) is 2. The molecular formula is C12H16N2O3. The molecule has 5 heteroatoms. The van der Waals surface area contributed by atoms with E-state index < -0.39 is 6.09 Å². The minimum absolute atomic E-state index is 0.404. The van der Waals surface area contributed by atoms with Crippen LogP contribution in [-0.2, 0) is 16.1 Å². The summed E-state index contributed by atoms with van der Waals surface area (Å²) >= 11 is 0. The fourth-order valence-corrected chi connectivity index (χ4v) is 1.30. The maximum atomic E-state index is 10.9. The molecule has 0 bridgehead atoms. The zero-order valence-corrected chi connectivity index (χ0v) is 9.95. The highest BCUT2D eigenvalue weighted by Gasteiger charge is 2.02. The summed E-state index contributed by atoms with van der Waals surface area (Å²) in [6.45, 7) is 4.22. The van der Waals surface area contributed by atoms with E-state index in [1.807, 2.05) is 24.3 Å². The Labute approximate surface area is 100 Å². The number of methoxy groups -OCH3 is 1. The average Bonchev–Trinajstić information content (AvgIpc) is 2.36. The molecule has 1 aromatic rings. The van der Waals surface area contributed by atoms with Crippen LogP contribution in [0.4, 0.5) is 4.79 Å². The van der Waals surface area contributed by atoms with E-state index in [0.29, 0.717) is 12.2 Å². The van der Waals surface area contributed by atoms with Gasteiger partial charge in [-0.25, -0.2) is 4.79 Å². The molecule has 1 amide bonds. The van der Waals surface area contributed by atoms with Crippen LogP contribution < -0.4 is 10.8 Å². The molecule has 0 aromatic heterocycles. The predicted molar refractivity (Wildman–Crippen MR) is 64.9 cm³/mol. The van der Waals surface area contributed by atoms with E-state index in [9.17, 15) is 4.79 Å². The molecule has 0 aliphatic heterocycles. The number of carbonyl (C=O) groups excluding carboxylic acids is 1. The molecular weight excluding hydrogens is 220 g/mol. The van der Waals surface area contributed by atoms with Gasteiger partial charge >= 0.3 is 6.09 Å². The summed E-state index contributed by atoms with van der Waals surface area (Å²) in [6.07, 6.45) is -0.454. The fraction of sp³-hybridized carbons (Fsp3) is 0.250. The van der Waals surface area contributed by atoms with Gasteiger partial charge < -0.3 is 10.1 Å². The van der Waals surface area contributed by atoms with Gasteiger partial charge in [-0.1, -0.05) is 24.8 Å². The Balaban J connectivity index is 2.65. The lowest BCUT2D eigenvalue weighted by molar-refractivity contribution is 0.137. The molecule has 17 heavy (non-hydrogen) atoms. The number of hydrogen-bond donors (Lipinski definition) is 2. The van der Waals surface area contributed by atoms with Gasteiger partial charge in [0.15, 0.2) is 0 Å². The molecule has 0 unspecified atom stereocenters. The monoisotopic (exact) mass is 236 g/mol. The van der Waals surface area contributed by atoms with E-state index in [2.05, 4.69) is 22.1 Å². The van der Waals surface area contributed by atoms with Gasteiger partial charge in [-0.15, -0.1) is 0 Å². The normalized spacial score (nSPS) is 9.53. The van der Waals surface area contributed by atoms with Crippen LogP contribution in [0.1, 0.15) is 11.1 Å².